The first kappa shape index (κ1) is 30.4. The minimum atomic E-state index is -0.389. The number of amides is 2. The van der Waals surface area contributed by atoms with Gasteiger partial charge in [-0.25, -0.2) is 4.98 Å². The number of nitrogens with one attached hydrogen (secondary N) is 1. The van der Waals surface area contributed by atoms with Gasteiger partial charge in [0.2, 0.25) is 5.91 Å². The molecule has 228 valence electrons. The molecule has 0 spiro atoms. The summed E-state index contributed by atoms with van der Waals surface area (Å²) in [6.07, 6.45) is 4.05. The number of aromatic nitrogens is 2. The highest BCUT2D eigenvalue weighted by Gasteiger charge is 2.31. The first-order valence-electron chi connectivity index (χ1n) is 14.6. The van der Waals surface area contributed by atoms with Crippen molar-refractivity contribution in [1.29, 1.82) is 0 Å². The number of imide groups is 1. The molecule has 0 aliphatic carbocycles. The van der Waals surface area contributed by atoms with Crippen molar-refractivity contribution in [3.05, 3.63) is 119 Å². The van der Waals surface area contributed by atoms with Gasteiger partial charge in [-0.1, -0.05) is 59.8 Å². The van der Waals surface area contributed by atoms with Crippen LogP contribution in [0.4, 0.5) is 4.79 Å². The summed E-state index contributed by atoms with van der Waals surface area (Å²) in [5.41, 5.74) is 5.10. The number of aryl methyl sites for hydroxylation is 1. The van der Waals surface area contributed by atoms with E-state index in [0.29, 0.717) is 18.8 Å². The molecule has 5 aromatic rings. The zero-order valence-corrected chi connectivity index (χ0v) is 26.2. The van der Waals surface area contributed by atoms with Crippen molar-refractivity contribution < 1.29 is 19.1 Å². The Morgan fingerprint density at radius 2 is 1.69 bits per heavy atom. The molecule has 0 radical (unpaired) electrons. The van der Waals surface area contributed by atoms with E-state index in [1.807, 2.05) is 96.7 Å². The van der Waals surface area contributed by atoms with Crippen LogP contribution in [0, 0.1) is 0 Å². The zero-order valence-electron chi connectivity index (χ0n) is 24.6. The molecule has 1 N–H and O–H groups in total. The van der Waals surface area contributed by atoms with E-state index in [1.54, 1.807) is 0 Å². The Labute approximate surface area is 270 Å². The van der Waals surface area contributed by atoms with Crippen molar-refractivity contribution in [1.82, 2.24) is 14.9 Å². The standard InChI is InChI=1S/C35H31ClN4O4S/c1-40-31-21-29(44-28-11-5-23(6-12-28)15-17-37-18-16-24-3-2-4-26(36)19-24)13-14-30(31)38-33(40)22-43-27-9-7-25(8-10-27)20-32-34(41)39-35(42)45-32/h2-14,18-19,21,32H,15-17,20,22H2,1H3,(H,39,41,42). The summed E-state index contributed by atoms with van der Waals surface area (Å²) >= 11 is 7.07. The molecule has 1 saturated heterocycles. The molecule has 1 aliphatic heterocycles. The van der Waals surface area contributed by atoms with Gasteiger partial charge in [-0.2, -0.15) is 0 Å². The topological polar surface area (TPSA) is 94.8 Å². The van der Waals surface area contributed by atoms with Crippen LogP contribution in [0.15, 0.2) is 96.0 Å². The van der Waals surface area contributed by atoms with Crippen LogP contribution in [0.3, 0.4) is 0 Å². The van der Waals surface area contributed by atoms with Crippen LogP contribution < -0.4 is 14.8 Å². The van der Waals surface area contributed by atoms with Gasteiger partial charge in [-0.3, -0.25) is 19.9 Å². The lowest BCUT2D eigenvalue weighted by atomic mass is 10.1. The number of carbonyl (C=O) groups is 2. The Bertz CT molecular complexity index is 1850. The summed E-state index contributed by atoms with van der Waals surface area (Å²) in [5.74, 6) is 2.72. The molecular formula is C35H31ClN4O4S. The summed E-state index contributed by atoms with van der Waals surface area (Å²) in [6, 6.07) is 29.3. The fraction of sp³-hybridized carbons (Fsp3) is 0.200. The SMILES string of the molecule is Cn1c(COc2ccc(CC3SC(=O)NC3=O)cc2)nc2ccc(Oc3ccc(CCN=CCc4cccc(Cl)c4)cc3)cc21. The number of carbonyl (C=O) groups excluding carboxylic acids is 2. The van der Waals surface area contributed by atoms with Gasteiger partial charge in [0.05, 0.1) is 16.3 Å². The number of benzene rings is 4. The molecule has 45 heavy (non-hydrogen) atoms. The third-order valence-electron chi connectivity index (χ3n) is 7.46. The molecule has 1 fully saturated rings. The number of rotatable bonds is 12. The van der Waals surface area contributed by atoms with Crippen LogP contribution >= 0.6 is 23.4 Å². The Balaban J connectivity index is 1.00. The lowest BCUT2D eigenvalue weighted by Crippen LogP contribution is -2.25. The van der Waals surface area contributed by atoms with E-state index in [2.05, 4.69) is 22.4 Å². The van der Waals surface area contributed by atoms with Crippen molar-refractivity contribution >= 4 is 51.8 Å². The number of fused-ring (bicyclic) bond motifs is 1. The largest absolute Gasteiger partial charge is 0.486 e. The van der Waals surface area contributed by atoms with Crippen LogP contribution in [0.5, 0.6) is 17.2 Å². The van der Waals surface area contributed by atoms with Gasteiger partial charge in [0, 0.05) is 37.3 Å². The van der Waals surface area contributed by atoms with E-state index in [4.69, 9.17) is 26.1 Å². The number of nitrogens with zero attached hydrogens (tertiary/aromatic N) is 3. The van der Waals surface area contributed by atoms with E-state index in [-0.39, 0.29) is 16.4 Å². The summed E-state index contributed by atoms with van der Waals surface area (Å²) in [6.45, 7) is 1.01. The van der Waals surface area contributed by atoms with E-state index >= 15 is 0 Å². The van der Waals surface area contributed by atoms with Crippen LogP contribution in [-0.2, 0) is 37.7 Å². The highest BCUT2D eigenvalue weighted by atomic mass is 35.5. The first-order valence-corrected chi connectivity index (χ1v) is 15.8. The molecule has 0 saturated carbocycles. The molecule has 10 heteroatoms. The Morgan fingerprint density at radius 3 is 2.44 bits per heavy atom. The predicted molar refractivity (Wildman–Crippen MR) is 179 cm³/mol. The van der Waals surface area contributed by atoms with Crippen LogP contribution in [0.2, 0.25) is 5.02 Å². The van der Waals surface area contributed by atoms with Gasteiger partial charge in [0.1, 0.15) is 29.7 Å². The van der Waals surface area contributed by atoms with E-state index in [0.717, 1.165) is 75.7 Å². The van der Waals surface area contributed by atoms with Gasteiger partial charge < -0.3 is 14.0 Å². The third-order valence-corrected chi connectivity index (χ3v) is 8.67. The number of ether oxygens (including phenoxy) is 2. The van der Waals surface area contributed by atoms with Crippen molar-refractivity contribution in [3.8, 4) is 17.2 Å². The number of imidazole rings is 1. The molecular weight excluding hydrogens is 608 g/mol. The second-order valence-electron chi connectivity index (χ2n) is 10.7. The molecule has 6 rings (SSSR count). The monoisotopic (exact) mass is 638 g/mol. The Morgan fingerprint density at radius 1 is 0.933 bits per heavy atom. The number of aliphatic imine (C=N–C) groups is 1. The maximum atomic E-state index is 11.8. The average molecular weight is 639 g/mol. The quantitative estimate of drug-likeness (QED) is 0.144. The van der Waals surface area contributed by atoms with Crippen molar-refractivity contribution in [2.24, 2.45) is 12.0 Å². The summed E-state index contributed by atoms with van der Waals surface area (Å²) < 4.78 is 14.2. The zero-order chi connectivity index (χ0) is 31.2. The average Bonchev–Trinajstić information content (AvgIpc) is 3.53. The van der Waals surface area contributed by atoms with E-state index in [1.165, 1.54) is 5.56 Å². The summed E-state index contributed by atoms with van der Waals surface area (Å²) in [5, 5.41) is 2.38. The van der Waals surface area contributed by atoms with Gasteiger partial charge in [0.15, 0.2) is 0 Å². The van der Waals surface area contributed by atoms with Crippen LogP contribution in [0.25, 0.3) is 11.0 Å². The van der Waals surface area contributed by atoms with Gasteiger partial charge >= 0.3 is 0 Å². The Hall–Kier alpha value is -4.60. The number of halogens is 1. The maximum Gasteiger partial charge on any atom is 0.286 e. The first-order chi connectivity index (χ1) is 21.9. The van der Waals surface area contributed by atoms with E-state index in [9.17, 15) is 9.59 Å². The summed E-state index contributed by atoms with van der Waals surface area (Å²) in [4.78, 5) is 32.5. The molecule has 2 heterocycles. The molecule has 1 atom stereocenters. The number of hydrogen-bond acceptors (Lipinski definition) is 7. The highest BCUT2D eigenvalue weighted by Crippen LogP contribution is 2.27. The Kier molecular flexibility index (Phi) is 9.47. The van der Waals surface area contributed by atoms with Crippen molar-refractivity contribution in [2.75, 3.05) is 6.54 Å². The molecule has 1 aliphatic rings. The smallest absolute Gasteiger partial charge is 0.286 e. The van der Waals surface area contributed by atoms with Gasteiger partial charge in [-0.05, 0) is 78.1 Å². The minimum Gasteiger partial charge on any atom is -0.486 e. The molecule has 0 bridgehead atoms. The fourth-order valence-electron chi connectivity index (χ4n) is 5.00. The van der Waals surface area contributed by atoms with Crippen LogP contribution in [-0.4, -0.2) is 38.7 Å². The lowest BCUT2D eigenvalue weighted by molar-refractivity contribution is -0.118. The lowest BCUT2D eigenvalue weighted by Gasteiger charge is -2.09. The number of hydrogen-bond donors (Lipinski definition) is 1. The maximum absolute atomic E-state index is 11.8. The second kappa shape index (κ2) is 14.0. The molecule has 4 aromatic carbocycles. The summed E-state index contributed by atoms with van der Waals surface area (Å²) in [7, 11) is 1.96. The molecule has 1 aromatic heterocycles. The number of thioether (sulfide) groups is 1. The molecule has 1 unspecified atom stereocenters. The van der Waals surface area contributed by atoms with Crippen molar-refractivity contribution in [3.63, 3.8) is 0 Å². The van der Waals surface area contributed by atoms with Gasteiger partial charge in [0.25, 0.3) is 5.24 Å². The molecule has 2 amide bonds. The van der Waals surface area contributed by atoms with Crippen molar-refractivity contribution in [2.45, 2.75) is 31.1 Å². The normalized spacial score (nSPS) is 14.8. The van der Waals surface area contributed by atoms with Gasteiger partial charge in [-0.15, -0.1) is 0 Å². The predicted octanol–water partition coefficient (Wildman–Crippen LogP) is 7.35. The second-order valence-corrected chi connectivity index (χ2v) is 12.3. The van der Waals surface area contributed by atoms with E-state index < -0.39 is 0 Å². The third kappa shape index (κ3) is 7.92. The molecule has 8 nitrogen and oxygen atoms in total. The highest BCUT2D eigenvalue weighted by molar-refractivity contribution is 8.15. The fourth-order valence-corrected chi connectivity index (χ4v) is 6.08. The van der Waals surface area contributed by atoms with Crippen LogP contribution in [0.1, 0.15) is 22.5 Å². The minimum absolute atomic E-state index is 0.238.